The Morgan fingerprint density at radius 2 is 2.05 bits per heavy atom. The summed E-state index contributed by atoms with van der Waals surface area (Å²) in [5.74, 6) is -0.285. The molecule has 1 aromatic heterocycles. The van der Waals surface area contributed by atoms with Crippen LogP contribution >= 0.6 is 0 Å². The van der Waals surface area contributed by atoms with Gasteiger partial charge in [-0.25, -0.2) is 4.79 Å². The molecule has 0 saturated carbocycles. The van der Waals surface area contributed by atoms with Crippen molar-refractivity contribution in [3.8, 4) is 0 Å². The van der Waals surface area contributed by atoms with Crippen molar-refractivity contribution in [1.29, 1.82) is 0 Å². The molecule has 1 unspecified atom stereocenters. The average Bonchev–Trinajstić information content (AvgIpc) is 2.84. The van der Waals surface area contributed by atoms with Crippen molar-refractivity contribution < 1.29 is 19.2 Å². The molecule has 1 amide bonds. The largest absolute Gasteiger partial charge is 0.480 e. The van der Waals surface area contributed by atoms with Crippen LogP contribution in [0.4, 0.5) is 0 Å². The Hall–Kier alpha value is -1.92. The summed E-state index contributed by atoms with van der Waals surface area (Å²) >= 11 is 0. The highest BCUT2D eigenvalue weighted by Crippen LogP contribution is 2.04. The Kier molecular flexibility index (Phi) is 6.69. The summed E-state index contributed by atoms with van der Waals surface area (Å²) in [6.45, 7) is 3.89. The topological polar surface area (TPSA) is 105 Å². The quantitative estimate of drug-likeness (QED) is 0.708. The summed E-state index contributed by atoms with van der Waals surface area (Å²) in [5, 5.41) is 15.2. The fourth-order valence-electron chi connectivity index (χ4n) is 1.75. The number of hydrogen-bond donors (Lipinski definition) is 2. The Bertz CT molecular complexity index is 445. The van der Waals surface area contributed by atoms with Crippen molar-refractivity contribution in [1.82, 2.24) is 15.5 Å². The number of carbonyl (C=O) groups excluding carboxylic acids is 1. The maximum Gasteiger partial charge on any atom is 0.326 e. The van der Waals surface area contributed by atoms with Crippen molar-refractivity contribution in [2.24, 2.45) is 0 Å². The molecule has 1 rings (SSSR count). The first-order valence-corrected chi connectivity index (χ1v) is 6.90. The highest BCUT2D eigenvalue weighted by Gasteiger charge is 2.19. The van der Waals surface area contributed by atoms with E-state index in [4.69, 9.17) is 9.63 Å². The molecule has 1 heterocycles. The monoisotopic (exact) mass is 283 g/mol. The third kappa shape index (κ3) is 5.38. The molecule has 0 aliphatic carbocycles. The summed E-state index contributed by atoms with van der Waals surface area (Å²) in [6.07, 6.45) is 3.25. The highest BCUT2D eigenvalue weighted by molar-refractivity contribution is 5.83. The second kappa shape index (κ2) is 8.29. The van der Waals surface area contributed by atoms with Crippen LogP contribution in [0, 0.1) is 0 Å². The first-order chi connectivity index (χ1) is 9.56. The number of nitrogens with one attached hydrogen (secondary N) is 1. The smallest absolute Gasteiger partial charge is 0.326 e. The van der Waals surface area contributed by atoms with Gasteiger partial charge in [-0.1, -0.05) is 25.4 Å². The van der Waals surface area contributed by atoms with Gasteiger partial charge in [0.05, 0.1) is 0 Å². The molecule has 1 aromatic rings. The molecule has 112 valence electrons. The van der Waals surface area contributed by atoms with Crippen LogP contribution in [-0.2, 0) is 22.4 Å². The third-order valence-corrected chi connectivity index (χ3v) is 2.76. The molecular weight excluding hydrogens is 262 g/mol. The summed E-state index contributed by atoms with van der Waals surface area (Å²) in [4.78, 5) is 26.7. The molecule has 20 heavy (non-hydrogen) atoms. The second-order valence-electron chi connectivity index (χ2n) is 4.60. The number of hydrogen-bond acceptors (Lipinski definition) is 5. The zero-order chi connectivity index (χ0) is 15.0. The number of rotatable bonds is 9. The SMILES string of the molecule is CCCc1noc(CCC(=O)NC(CCC)C(=O)O)n1. The number of amides is 1. The maximum absolute atomic E-state index is 11.7. The lowest BCUT2D eigenvalue weighted by atomic mass is 10.1. The third-order valence-electron chi connectivity index (χ3n) is 2.76. The van der Waals surface area contributed by atoms with E-state index in [1.54, 1.807) is 0 Å². The summed E-state index contributed by atoms with van der Waals surface area (Å²) in [7, 11) is 0. The fraction of sp³-hybridized carbons (Fsp3) is 0.692. The maximum atomic E-state index is 11.7. The molecule has 0 radical (unpaired) electrons. The lowest BCUT2D eigenvalue weighted by Crippen LogP contribution is -2.40. The minimum Gasteiger partial charge on any atom is -0.480 e. The number of aromatic nitrogens is 2. The van der Waals surface area contributed by atoms with Gasteiger partial charge in [-0.15, -0.1) is 0 Å². The molecule has 0 fully saturated rings. The minimum absolute atomic E-state index is 0.140. The van der Waals surface area contributed by atoms with Gasteiger partial charge < -0.3 is 14.9 Å². The van der Waals surface area contributed by atoms with Gasteiger partial charge in [-0.2, -0.15) is 4.98 Å². The van der Waals surface area contributed by atoms with Crippen LogP contribution in [0.3, 0.4) is 0 Å². The fourth-order valence-corrected chi connectivity index (χ4v) is 1.75. The van der Waals surface area contributed by atoms with Crippen LogP contribution in [0.5, 0.6) is 0 Å². The van der Waals surface area contributed by atoms with Gasteiger partial charge in [0, 0.05) is 19.3 Å². The number of aliphatic carboxylic acids is 1. The van der Waals surface area contributed by atoms with E-state index in [1.165, 1.54) is 0 Å². The van der Waals surface area contributed by atoms with Crippen molar-refractivity contribution in [2.45, 2.75) is 58.4 Å². The molecule has 0 aromatic carbocycles. The normalized spacial score (nSPS) is 12.1. The standard InChI is InChI=1S/C13H21N3O4/c1-3-5-9(13(18)19)14-11(17)7-8-12-15-10(6-4-2)16-20-12/h9H,3-8H2,1-2H3,(H,14,17)(H,18,19). The lowest BCUT2D eigenvalue weighted by molar-refractivity contribution is -0.142. The van der Waals surface area contributed by atoms with E-state index in [0.29, 0.717) is 31.0 Å². The van der Waals surface area contributed by atoms with Gasteiger partial charge in [0.2, 0.25) is 11.8 Å². The van der Waals surface area contributed by atoms with Crippen LogP contribution in [-0.4, -0.2) is 33.2 Å². The minimum atomic E-state index is -1.01. The van der Waals surface area contributed by atoms with Crippen LogP contribution in [0.25, 0.3) is 0 Å². The molecule has 0 aliphatic rings. The van der Waals surface area contributed by atoms with Crippen molar-refractivity contribution in [3.63, 3.8) is 0 Å². The van der Waals surface area contributed by atoms with Gasteiger partial charge in [0.15, 0.2) is 5.82 Å². The Morgan fingerprint density at radius 1 is 1.30 bits per heavy atom. The molecule has 2 N–H and O–H groups in total. The number of aryl methyl sites for hydroxylation is 2. The molecule has 0 aliphatic heterocycles. The van der Waals surface area contributed by atoms with Crippen LogP contribution < -0.4 is 5.32 Å². The lowest BCUT2D eigenvalue weighted by Gasteiger charge is -2.12. The van der Waals surface area contributed by atoms with E-state index < -0.39 is 12.0 Å². The van der Waals surface area contributed by atoms with E-state index in [1.807, 2.05) is 13.8 Å². The first kappa shape index (κ1) is 16.1. The Morgan fingerprint density at radius 3 is 2.65 bits per heavy atom. The van der Waals surface area contributed by atoms with Gasteiger partial charge in [0.25, 0.3) is 0 Å². The van der Waals surface area contributed by atoms with Gasteiger partial charge >= 0.3 is 5.97 Å². The predicted octanol–water partition coefficient (Wildman–Crippen LogP) is 1.32. The van der Waals surface area contributed by atoms with Gasteiger partial charge in [0.1, 0.15) is 6.04 Å². The molecule has 1 atom stereocenters. The summed E-state index contributed by atoms with van der Waals surface area (Å²) in [5.41, 5.74) is 0. The molecule has 0 bridgehead atoms. The molecule has 7 nitrogen and oxygen atoms in total. The molecule has 0 spiro atoms. The molecule has 0 saturated heterocycles. The number of carboxylic acids is 1. The van der Waals surface area contributed by atoms with E-state index in [0.717, 1.165) is 12.8 Å². The Labute approximate surface area is 117 Å². The van der Waals surface area contributed by atoms with Crippen LogP contribution in [0.1, 0.15) is 51.2 Å². The zero-order valence-corrected chi connectivity index (χ0v) is 11.9. The number of carboxylic acid groups (broad SMARTS) is 1. The zero-order valence-electron chi connectivity index (χ0n) is 11.9. The van der Waals surface area contributed by atoms with Crippen LogP contribution in [0.2, 0.25) is 0 Å². The Balaban J connectivity index is 2.39. The van der Waals surface area contributed by atoms with Crippen molar-refractivity contribution in [2.75, 3.05) is 0 Å². The van der Waals surface area contributed by atoms with Gasteiger partial charge in [-0.05, 0) is 12.8 Å². The van der Waals surface area contributed by atoms with E-state index >= 15 is 0 Å². The molecule has 7 heteroatoms. The summed E-state index contributed by atoms with van der Waals surface area (Å²) < 4.78 is 5.01. The second-order valence-corrected chi connectivity index (χ2v) is 4.60. The van der Waals surface area contributed by atoms with Crippen molar-refractivity contribution >= 4 is 11.9 Å². The first-order valence-electron chi connectivity index (χ1n) is 6.90. The predicted molar refractivity (Wildman–Crippen MR) is 71.1 cm³/mol. The molecular formula is C13H21N3O4. The summed E-state index contributed by atoms with van der Waals surface area (Å²) in [6, 6.07) is -0.828. The van der Waals surface area contributed by atoms with E-state index in [-0.39, 0.29) is 12.3 Å². The van der Waals surface area contributed by atoms with Gasteiger partial charge in [-0.3, -0.25) is 4.79 Å². The average molecular weight is 283 g/mol. The number of nitrogens with zero attached hydrogens (tertiary/aromatic N) is 2. The number of carbonyl (C=O) groups is 2. The van der Waals surface area contributed by atoms with Crippen molar-refractivity contribution in [3.05, 3.63) is 11.7 Å². The van der Waals surface area contributed by atoms with E-state index in [9.17, 15) is 9.59 Å². The highest BCUT2D eigenvalue weighted by atomic mass is 16.5. The van der Waals surface area contributed by atoms with E-state index in [2.05, 4.69) is 15.5 Å². The van der Waals surface area contributed by atoms with Crippen LogP contribution in [0.15, 0.2) is 4.52 Å².